The summed E-state index contributed by atoms with van der Waals surface area (Å²) in [4.78, 5) is 55.5. The van der Waals surface area contributed by atoms with Crippen LogP contribution in [-0.4, -0.2) is 183 Å². The fraction of sp³-hybridized carbons (Fsp3) is 0.146. The van der Waals surface area contributed by atoms with E-state index in [1.54, 1.807) is 150 Å². The lowest BCUT2D eigenvalue weighted by atomic mass is 9.99. The molecule has 20 aromatic rings. The van der Waals surface area contributed by atoms with Crippen LogP contribution in [0.4, 0.5) is 30.7 Å². The first-order chi connectivity index (χ1) is 66.9. The minimum absolute atomic E-state index is 0.0122. The van der Waals surface area contributed by atoms with Crippen LogP contribution >= 0.6 is 11.6 Å². The van der Waals surface area contributed by atoms with Crippen LogP contribution in [0.25, 0.3) is 178 Å². The highest BCUT2D eigenvalue weighted by Gasteiger charge is 2.23. The van der Waals surface area contributed by atoms with Gasteiger partial charge in [0.1, 0.15) is 40.7 Å². The monoisotopic (exact) mass is 1860 g/mol. The van der Waals surface area contributed by atoms with Crippen molar-refractivity contribution in [3.63, 3.8) is 0 Å². The van der Waals surface area contributed by atoms with Crippen molar-refractivity contribution in [1.29, 1.82) is 0 Å². The standard InChI is InChI=1S/C29H26F2N6O.C25H19F2N5O2.C25H19F2N5O.C24H17ClFN5O/c30-23-4-5-27(31)26(14-23)28-15-25(24-3-1-6-33-29(24)35-28)21-13-20(16-32-17-21)22-18-34-37(19-22)8-2-7-36-9-11-38-12-10-36;26-18-3-4-23(27)22(7-18)24-8-21(20-2-1-5-29-25(20)31-24)16-6-15(9-28-10-16)17-11-30-32(12-17)13-19(34)14-33;26-19-4-5-23(27)22(10-19)24-11-21(20-3-1-6-29-25(20)31-24)17-9-16(12-28-13-17)18-14-30-32(15-18)7-2-8-33;25-18-3-4-22(26)21(9-18)23-10-20(19-2-1-5-28-24(19)30-23)16-8-15(11-27-12-16)17-13-29-31(14-17)6-7-32/h1,3-6,13-19H,2,7-12H2;1-12,19,33-34H,13-14H2;1,3-6,9-15,33H,2,7-8H2;1-5,8-14,32H,6-7H2. The Morgan fingerprint density at radius 1 is 0.321 bits per heavy atom. The average molecular weight is 1860 g/mol. The summed E-state index contributed by atoms with van der Waals surface area (Å²) in [6, 6.07) is 44.0. The van der Waals surface area contributed by atoms with Crippen molar-refractivity contribution >= 4 is 55.7 Å². The number of aliphatic hydroxyl groups is 4. The molecule has 21 rings (SSSR count). The Bertz CT molecular complexity index is 7760. The van der Waals surface area contributed by atoms with E-state index in [0.29, 0.717) is 69.6 Å². The zero-order chi connectivity index (χ0) is 94.4. The highest BCUT2D eigenvalue weighted by molar-refractivity contribution is 6.30. The minimum atomic E-state index is -0.908. The number of nitrogens with zero attached hydrogens (tertiary/aromatic N) is 21. The molecule has 4 aromatic carbocycles. The van der Waals surface area contributed by atoms with E-state index in [1.165, 1.54) is 12.1 Å². The first-order valence-electron chi connectivity index (χ1n) is 43.5. The molecule has 684 valence electrons. The number of rotatable bonds is 24. The summed E-state index contributed by atoms with van der Waals surface area (Å²) >= 11 is 6.11. The Balaban J connectivity index is 0.000000122. The average Bonchev–Trinajstić information content (AvgIpc) is 1.39. The summed E-state index contributed by atoms with van der Waals surface area (Å²) in [5.41, 5.74) is 16.7. The van der Waals surface area contributed by atoms with Crippen LogP contribution in [0.15, 0.2) is 294 Å². The van der Waals surface area contributed by atoms with Crippen LogP contribution in [0.3, 0.4) is 0 Å². The maximum atomic E-state index is 14.6. The SMILES string of the molecule is Fc1ccc(F)c(-c2cc(-c3cncc(-c4cnn(CCCN5CCOCC5)c4)c3)c3cccnc3n2)c1.OCC(O)Cn1cc(-c2cncc(-c3cc(-c4cc(F)ccc4F)nc4ncccc34)c2)cn1.OCCCn1cc(-c2cncc(-c3cc(-c4cc(F)ccc4F)nc4ncccc34)c2)cn1.OCCn1cc(-c2cncc(-c3cc(-c4cc(Cl)ccc4F)nc4ncccc34)c2)cn1. The number of pyridine rings is 12. The zero-order valence-electron chi connectivity index (χ0n) is 72.8. The van der Waals surface area contributed by atoms with Gasteiger partial charge in [-0.25, -0.2) is 70.6 Å². The number of hydrogen-bond donors (Lipinski definition) is 4. The molecule has 17 heterocycles. The summed E-state index contributed by atoms with van der Waals surface area (Å²) in [7, 11) is 0. The predicted octanol–water partition coefficient (Wildman–Crippen LogP) is 19.0. The van der Waals surface area contributed by atoms with Gasteiger partial charge in [-0.3, -0.25) is 43.6 Å². The number of aliphatic hydroxyl groups excluding tert-OH is 4. The molecule has 1 unspecified atom stereocenters. The van der Waals surface area contributed by atoms with E-state index in [0.717, 1.165) is 205 Å². The predicted molar refractivity (Wildman–Crippen MR) is 506 cm³/mol. The number of fused-ring (bicyclic) bond motifs is 4. The van der Waals surface area contributed by atoms with Crippen molar-refractivity contribution in [2.45, 2.75) is 45.1 Å². The van der Waals surface area contributed by atoms with Gasteiger partial charge >= 0.3 is 0 Å². The molecule has 1 fully saturated rings. The van der Waals surface area contributed by atoms with Crippen LogP contribution < -0.4 is 0 Å². The van der Waals surface area contributed by atoms with Crippen LogP contribution in [0.2, 0.25) is 5.02 Å². The molecule has 4 N–H and O–H groups in total. The van der Waals surface area contributed by atoms with Crippen molar-refractivity contribution in [2.75, 3.05) is 52.7 Å². The number of ether oxygens (including phenoxy) is 1. The maximum absolute atomic E-state index is 14.6. The van der Waals surface area contributed by atoms with E-state index in [-0.39, 0.29) is 54.4 Å². The Morgan fingerprint density at radius 2 is 0.642 bits per heavy atom. The number of benzene rings is 4. The van der Waals surface area contributed by atoms with E-state index in [2.05, 4.69) is 85.1 Å². The van der Waals surface area contributed by atoms with Crippen molar-refractivity contribution < 1.29 is 55.9 Å². The van der Waals surface area contributed by atoms with Gasteiger partial charge in [0.2, 0.25) is 0 Å². The fourth-order valence-electron chi connectivity index (χ4n) is 15.9. The van der Waals surface area contributed by atoms with Gasteiger partial charge in [0.05, 0.1) is 93.2 Å². The molecule has 34 heteroatoms. The normalized spacial score (nSPS) is 12.3. The number of halogens is 8. The Kier molecular flexibility index (Phi) is 28.2. The molecule has 1 aliphatic heterocycles. The summed E-state index contributed by atoms with van der Waals surface area (Å²) in [5, 5.41) is 57.8. The van der Waals surface area contributed by atoms with E-state index in [9.17, 15) is 35.8 Å². The summed E-state index contributed by atoms with van der Waals surface area (Å²) in [6.07, 6.45) is 35.6. The molecule has 0 radical (unpaired) electrons. The van der Waals surface area contributed by atoms with Crippen LogP contribution in [0.1, 0.15) is 12.8 Å². The van der Waals surface area contributed by atoms with Gasteiger partial charge in [0.15, 0.2) is 22.6 Å². The Hall–Kier alpha value is -15.9. The van der Waals surface area contributed by atoms with Crippen LogP contribution in [0.5, 0.6) is 0 Å². The van der Waals surface area contributed by atoms with Crippen molar-refractivity contribution in [2.24, 2.45) is 0 Å². The van der Waals surface area contributed by atoms with E-state index in [4.69, 9.17) is 31.7 Å². The van der Waals surface area contributed by atoms with E-state index in [1.807, 2.05) is 96.2 Å². The molecule has 0 bridgehead atoms. The van der Waals surface area contributed by atoms with Crippen molar-refractivity contribution in [3.05, 3.63) is 340 Å². The third-order valence-corrected chi connectivity index (χ3v) is 22.9. The summed E-state index contributed by atoms with van der Waals surface area (Å²) in [5.74, 6) is -3.74. The molecule has 0 aliphatic carbocycles. The molecular weight excluding hydrogens is 1780 g/mol. The first-order valence-corrected chi connectivity index (χ1v) is 43.9. The molecule has 1 saturated heterocycles. The second-order valence-corrected chi connectivity index (χ2v) is 32.4. The van der Waals surface area contributed by atoms with Crippen LogP contribution in [-0.2, 0) is 30.9 Å². The molecule has 1 aliphatic rings. The molecule has 137 heavy (non-hydrogen) atoms. The molecular formula is C103H81ClF7N21O5. The first kappa shape index (κ1) is 91.6. The Morgan fingerprint density at radius 3 is 0.993 bits per heavy atom. The lowest BCUT2D eigenvalue weighted by molar-refractivity contribution is 0.0368. The molecule has 0 saturated carbocycles. The van der Waals surface area contributed by atoms with E-state index >= 15 is 0 Å². The lowest BCUT2D eigenvalue weighted by Crippen LogP contribution is -2.37. The molecule has 0 spiro atoms. The number of hydrogen-bond acceptors (Lipinski definition) is 22. The zero-order valence-corrected chi connectivity index (χ0v) is 73.6. The van der Waals surface area contributed by atoms with Crippen molar-refractivity contribution in [1.82, 2.24) is 104 Å². The van der Waals surface area contributed by atoms with Gasteiger partial charge in [-0.05, 0) is 205 Å². The topological polar surface area (TPSA) is 319 Å². The van der Waals surface area contributed by atoms with Gasteiger partial charge in [-0.1, -0.05) is 11.6 Å². The molecule has 1 atom stereocenters. The highest BCUT2D eigenvalue weighted by atomic mass is 35.5. The molecule has 16 aromatic heterocycles. The lowest BCUT2D eigenvalue weighted by Gasteiger charge is -2.26. The smallest absolute Gasteiger partial charge is 0.160 e. The number of aryl methyl sites for hydroxylation is 2. The molecule has 26 nitrogen and oxygen atoms in total. The highest BCUT2D eigenvalue weighted by Crippen LogP contribution is 2.41. The van der Waals surface area contributed by atoms with Gasteiger partial charge in [-0.2, -0.15) is 20.4 Å². The van der Waals surface area contributed by atoms with Gasteiger partial charge in [-0.15, -0.1) is 0 Å². The van der Waals surface area contributed by atoms with E-state index < -0.39 is 46.8 Å². The fourth-order valence-corrected chi connectivity index (χ4v) is 16.1. The second-order valence-electron chi connectivity index (χ2n) is 31.9. The second kappa shape index (κ2) is 42.1. The van der Waals surface area contributed by atoms with Gasteiger partial charge < -0.3 is 25.2 Å². The van der Waals surface area contributed by atoms with Crippen molar-refractivity contribution in [3.8, 4) is 134 Å². The third-order valence-electron chi connectivity index (χ3n) is 22.7. The number of morpholine rings is 1. The summed E-state index contributed by atoms with van der Waals surface area (Å²) < 4.78 is 112. The number of aromatic nitrogens is 20. The Labute approximate surface area is 782 Å². The maximum Gasteiger partial charge on any atom is 0.160 e. The quantitative estimate of drug-likeness (QED) is 0.0408. The third kappa shape index (κ3) is 21.5. The largest absolute Gasteiger partial charge is 0.396 e. The summed E-state index contributed by atoms with van der Waals surface area (Å²) in [6.45, 7) is 6.37. The van der Waals surface area contributed by atoms with Gasteiger partial charge in [0, 0.05) is 254 Å². The molecule has 0 amide bonds. The van der Waals surface area contributed by atoms with Gasteiger partial charge in [0.25, 0.3) is 0 Å². The van der Waals surface area contributed by atoms with Crippen LogP contribution in [0, 0.1) is 40.7 Å². The minimum Gasteiger partial charge on any atom is -0.396 e.